The topological polar surface area (TPSA) is 119 Å². The van der Waals surface area contributed by atoms with E-state index in [1.807, 2.05) is 0 Å². The van der Waals surface area contributed by atoms with Gasteiger partial charge in [-0.1, -0.05) is 5.16 Å². The number of aliphatic hydroxyl groups excluding tert-OH is 1. The van der Waals surface area contributed by atoms with Gasteiger partial charge in [0.05, 0.1) is 30.3 Å². The molecule has 1 saturated carbocycles. The molecule has 1 heterocycles. The SMILES string of the molecule is CN(Cc1ccon1)C(=O)[C@H]1CC[C@@H](O)[C@H](NC(=O)c2cc(F)cc(C#N)c2)C1. The minimum absolute atomic E-state index is 0.00893. The van der Waals surface area contributed by atoms with E-state index in [4.69, 9.17) is 9.78 Å². The lowest BCUT2D eigenvalue weighted by molar-refractivity contribution is -0.137. The lowest BCUT2D eigenvalue weighted by atomic mass is 9.82. The van der Waals surface area contributed by atoms with Gasteiger partial charge in [-0.3, -0.25) is 9.59 Å². The van der Waals surface area contributed by atoms with Crippen LogP contribution in [0.25, 0.3) is 0 Å². The van der Waals surface area contributed by atoms with Gasteiger partial charge in [-0.25, -0.2) is 4.39 Å². The third-order valence-corrected chi connectivity index (χ3v) is 5.04. The largest absolute Gasteiger partial charge is 0.391 e. The van der Waals surface area contributed by atoms with E-state index in [0.29, 0.717) is 25.1 Å². The number of aliphatic hydroxyl groups is 1. The fourth-order valence-corrected chi connectivity index (χ4v) is 3.52. The quantitative estimate of drug-likeness (QED) is 0.787. The Bertz CT molecular complexity index is 925. The highest BCUT2D eigenvalue weighted by Gasteiger charge is 2.35. The van der Waals surface area contributed by atoms with Crippen LogP contribution in [0.1, 0.15) is 40.9 Å². The Balaban J connectivity index is 1.65. The van der Waals surface area contributed by atoms with Gasteiger partial charge >= 0.3 is 0 Å². The summed E-state index contributed by atoms with van der Waals surface area (Å²) in [5, 5.41) is 25.7. The molecule has 0 aliphatic heterocycles. The number of nitrogens with one attached hydrogen (secondary N) is 1. The van der Waals surface area contributed by atoms with Gasteiger partial charge < -0.3 is 19.8 Å². The Labute approximate surface area is 166 Å². The third kappa shape index (κ3) is 4.97. The maximum absolute atomic E-state index is 13.6. The smallest absolute Gasteiger partial charge is 0.251 e. The third-order valence-electron chi connectivity index (χ3n) is 5.04. The molecule has 0 unspecified atom stereocenters. The maximum atomic E-state index is 13.6. The highest BCUT2D eigenvalue weighted by atomic mass is 19.1. The molecule has 9 heteroatoms. The summed E-state index contributed by atoms with van der Waals surface area (Å²) >= 11 is 0. The Hall–Kier alpha value is -3.25. The predicted molar refractivity (Wildman–Crippen MR) is 98.7 cm³/mol. The van der Waals surface area contributed by atoms with E-state index in [2.05, 4.69) is 10.5 Å². The highest BCUT2D eigenvalue weighted by Crippen LogP contribution is 2.27. The van der Waals surface area contributed by atoms with Crippen LogP contribution in [0, 0.1) is 23.1 Å². The van der Waals surface area contributed by atoms with Crippen LogP contribution < -0.4 is 5.32 Å². The normalized spacial score (nSPS) is 21.2. The van der Waals surface area contributed by atoms with Crippen molar-refractivity contribution in [1.82, 2.24) is 15.4 Å². The first kappa shape index (κ1) is 20.5. The van der Waals surface area contributed by atoms with Gasteiger partial charge in [-0.15, -0.1) is 0 Å². The zero-order valence-corrected chi connectivity index (χ0v) is 15.8. The van der Waals surface area contributed by atoms with E-state index < -0.39 is 23.9 Å². The lowest BCUT2D eigenvalue weighted by Crippen LogP contribution is -2.49. The maximum Gasteiger partial charge on any atom is 0.251 e. The second-order valence-electron chi connectivity index (χ2n) is 7.18. The van der Waals surface area contributed by atoms with Crippen molar-refractivity contribution in [3.8, 4) is 6.07 Å². The second kappa shape index (κ2) is 8.84. The zero-order valence-electron chi connectivity index (χ0n) is 15.8. The Kier molecular flexibility index (Phi) is 6.24. The fraction of sp³-hybridized carbons (Fsp3) is 0.400. The number of benzene rings is 1. The summed E-state index contributed by atoms with van der Waals surface area (Å²) in [5.74, 6) is -1.78. The molecule has 2 amide bonds. The summed E-state index contributed by atoms with van der Waals surface area (Å²) < 4.78 is 18.4. The van der Waals surface area contributed by atoms with Crippen molar-refractivity contribution < 1.29 is 23.6 Å². The predicted octanol–water partition coefficient (Wildman–Crippen LogP) is 1.60. The van der Waals surface area contributed by atoms with Crippen LogP contribution in [-0.2, 0) is 11.3 Å². The van der Waals surface area contributed by atoms with E-state index in [1.165, 1.54) is 17.2 Å². The van der Waals surface area contributed by atoms with Crippen LogP contribution in [0.5, 0.6) is 0 Å². The summed E-state index contributed by atoms with van der Waals surface area (Å²) in [6.45, 7) is 0.297. The number of hydrogen-bond donors (Lipinski definition) is 2. The van der Waals surface area contributed by atoms with Crippen LogP contribution in [0.15, 0.2) is 35.1 Å². The summed E-state index contributed by atoms with van der Waals surface area (Å²) in [4.78, 5) is 26.8. The molecule has 29 heavy (non-hydrogen) atoms. The number of carbonyl (C=O) groups is 2. The Morgan fingerprint density at radius 2 is 2.21 bits per heavy atom. The Morgan fingerprint density at radius 1 is 1.41 bits per heavy atom. The van der Waals surface area contributed by atoms with Crippen LogP contribution >= 0.6 is 0 Å². The summed E-state index contributed by atoms with van der Waals surface area (Å²) in [5.41, 5.74) is 0.646. The van der Waals surface area contributed by atoms with Gasteiger partial charge in [0.1, 0.15) is 17.8 Å². The summed E-state index contributed by atoms with van der Waals surface area (Å²) in [7, 11) is 1.66. The number of rotatable bonds is 5. The number of hydrogen-bond acceptors (Lipinski definition) is 6. The second-order valence-corrected chi connectivity index (χ2v) is 7.18. The number of carbonyl (C=O) groups excluding carboxylic acids is 2. The zero-order chi connectivity index (χ0) is 21.0. The molecule has 1 aromatic heterocycles. The minimum atomic E-state index is -0.812. The number of amides is 2. The fourth-order valence-electron chi connectivity index (χ4n) is 3.52. The van der Waals surface area contributed by atoms with Crippen molar-refractivity contribution >= 4 is 11.8 Å². The molecule has 0 radical (unpaired) electrons. The van der Waals surface area contributed by atoms with Gasteiger partial charge in [0.2, 0.25) is 5.91 Å². The van der Waals surface area contributed by atoms with Crippen LogP contribution in [0.2, 0.25) is 0 Å². The van der Waals surface area contributed by atoms with Crippen molar-refractivity contribution in [3.05, 3.63) is 53.2 Å². The van der Waals surface area contributed by atoms with Crippen molar-refractivity contribution in [3.63, 3.8) is 0 Å². The molecule has 0 bridgehead atoms. The minimum Gasteiger partial charge on any atom is -0.391 e. The van der Waals surface area contributed by atoms with Crippen molar-refractivity contribution in [1.29, 1.82) is 5.26 Å². The van der Waals surface area contributed by atoms with Gasteiger partial charge in [-0.05, 0) is 37.5 Å². The molecule has 8 nitrogen and oxygen atoms in total. The van der Waals surface area contributed by atoms with Crippen LogP contribution in [0.4, 0.5) is 4.39 Å². The van der Waals surface area contributed by atoms with Crippen molar-refractivity contribution in [2.45, 2.75) is 38.0 Å². The van der Waals surface area contributed by atoms with Gasteiger partial charge in [0, 0.05) is 24.6 Å². The van der Waals surface area contributed by atoms with E-state index in [9.17, 15) is 19.1 Å². The van der Waals surface area contributed by atoms with Gasteiger partial charge in [-0.2, -0.15) is 5.26 Å². The van der Waals surface area contributed by atoms with Crippen LogP contribution in [0.3, 0.4) is 0 Å². The van der Waals surface area contributed by atoms with Gasteiger partial charge in [0.15, 0.2) is 0 Å². The molecule has 3 rings (SSSR count). The molecule has 1 aliphatic carbocycles. The first-order valence-corrected chi connectivity index (χ1v) is 9.21. The van der Waals surface area contributed by atoms with Crippen LogP contribution in [-0.4, -0.2) is 46.2 Å². The standard InChI is InChI=1S/C20H21FN4O4/c1-25(11-16-4-5-29-24-16)20(28)13-2-3-18(26)17(9-13)23-19(27)14-6-12(10-22)7-15(21)8-14/h4-8,13,17-18,26H,2-3,9,11H2,1H3,(H,23,27)/t13-,17+,18+/m0/s1. The Morgan fingerprint density at radius 3 is 2.90 bits per heavy atom. The van der Waals surface area contributed by atoms with E-state index in [-0.39, 0.29) is 29.4 Å². The molecule has 0 spiro atoms. The number of nitrogens with zero attached hydrogens (tertiary/aromatic N) is 3. The van der Waals surface area contributed by atoms with E-state index in [0.717, 1.165) is 12.1 Å². The number of aromatic nitrogens is 1. The number of halogens is 1. The lowest BCUT2D eigenvalue weighted by Gasteiger charge is -2.34. The molecular formula is C20H21FN4O4. The summed E-state index contributed by atoms with van der Waals surface area (Å²) in [6.07, 6.45) is 1.72. The highest BCUT2D eigenvalue weighted by molar-refractivity contribution is 5.94. The molecule has 152 valence electrons. The molecule has 0 saturated heterocycles. The van der Waals surface area contributed by atoms with Gasteiger partial charge in [0.25, 0.3) is 5.91 Å². The molecule has 2 aromatic rings. The molecule has 3 atom stereocenters. The first-order chi connectivity index (χ1) is 13.9. The average molecular weight is 400 g/mol. The monoisotopic (exact) mass is 400 g/mol. The molecule has 1 aromatic carbocycles. The average Bonchev–Trinajstić information content (AvgIpc) is 3.21. The number of nitriles is 1. The summed E-state index contributed by atoms with van der Waals surface area (Å²) in [6, 6.07) is 6.16. The van der Waals surface area contributed by atoms with Crippen molar-refractivity contribution in [2.75, 3.05) is 7.05 Å². The van der Waals surface area contributed by atoms with E-state index >= 15 is 0 Å². The molecule has 1 fully saturated rings. The van der Waals surface area contributed by atoms with E-state index in [1.54, 1.807) is 19.2 Å². The molecule has 2 N–H and O–H groups in total. The molecule has 1 aliphatic rings. The first-order valence-electron chi connectivity index (χ1n) is 9.21. The molecular weight excluding hydrogens is 379 g/mol. The van der Waals surface area contributed by atoms with Crippen molar-refractivity contribution in [2.24, 2.45) is 5.92 Å².